The van der Waals surface area contributed by atoms with Gasteiger partial charge in [0.25, 0.3) is 0 Å². The van der Waals surface area contributed by atoms with E-state index in [1.165, 1.54) is 22.3 Å². The van der Waals surface area contributed by atoms with Gasteiger partial charge in [-0.2, -0.15) is 9.97 Å². The lowest BCUT2D eigenvalue weighted by Gasteiger charge is -2.21. The lowest BCUT2D eigenvalue weighted by atomic mass is 9.82. The fourth-order valence-corrected chi connectivity index (χ4v) is 7.22. The van der Waals surface area contributed by atoms with E-state index in [1.807, 2.05) is 103 Å². The number of hydrogen-bond acceptors (Lipinski definition) is 4. The van der Waals surface area contributed by atoms with Crippen LogP contribution in [0.2, 0.25) is 0 Å². The van der Waals surface area contributed by atoms with Crippen LogP contribution in [0.4, 0.5) is 0 Å². The highest BCUT2D eigenvalue weighted by molar-refractivity contribution is 6.15. The number of aromatic nitrogens is 4. The highest BCUT2D eigenvalue weighted by atomic mass is 16.1. The number of hydrogen-bond donors (Lipinski definition) is 0. The van der Waals surface area contributed by atoms with Crippen molar-refractivity contribution in [2.45, 2.75) is 19.3 Å². The van der Waals surface area contributed by atoms with Crippen LogP contribution in [0.5, 0.6) is 0 Å². The molecule has 0 amide bonds. The van der Waals surface area contributed by atoms with Crippen molar-refractivity contribution in [1.82, 2.24) is 19.5 Å². The van der Waals surface area contributed by atoms with Gasteiger partial charge in [-0.05, 0) is 40.5 Å². The van der Waals surface area contributed by atoms with Crippen molar-refractivity contribution in [3.8, 4) is 39.9 Å². The minimum absolute atomic E-state index is 0.0301. The van der Waals surface area contributed by atoms with Gasteiger partial charge in [0.15, 0.2) is 17.4 Å². The van der Waals surface area contributed by atoms with Crippen molar-refractivity contribution in [1.29, 1.82) is 0 Å². The van der Waals surface area contributed by atoms with Gasteiger partial charge >= 0.3 is 0 Å². The third kappa shape index (κ3) is 4.32. The van der Waals surface area contributed by atoms with Crippen LogP contribution in [0.25, 0.3) is 61.7 Å². The van der Waals surface area contributed by atoms with E-state index in [1.54, 1.807) is 0 Å². The van der Waals surface area contributed by atoms with Gasteiger partial charge in [0.1, 0.15) is 0 Å². The fourth-order valence-electron chi connectivity index (χ4n) is 7.22. The van der Waals surface area contributed by atoms with Gasteiger partial charge in [-0.3, -0.25) is 9.36 Å². The van der Waals surface area contributed by atoms with Gasteiger partial charge in [0, 0.05) is 38.4 Å². The lowest BCUT2D eigenvalue weighted by molar-refractivity contribution is 0.103. The number of ketones is 1. The number of carbonyl (C=O) groups excluding carboxylic acids is 1. The lowest BCUT2D eigenvalue weighted by Crippen LogP contribution is -2.14. The zero-order valence-corrected chi connectivity index (χ0v) is 26.6. The van der Waals surface area contributed by atoms with Crippen LogP contribution in [0.3, 0.4) is 0 Å². The van der Waals surface area contributed by atoms with E-state index in [0.717, 1.165) is 32.9 Å². The van der Waals surface area contributed by atoms with Crippen LogP contribution in [0, 0.1) is 0 Å². The van der Waals surface area contributed by atoms with Crippen molar-refractivity contribution >= 4 is 27.6 Å². The summed E-state index contributed by atoms with van der Waals surface area (Å²) in [4.78, 5) is 29.0. The van der Waals surface area contributed by atoms with Gasteiger partial charge in [-0.25, -0.2) is 4.98 Å². The Kier molecular flexibility index (Phi) is 6.24. The Hall–Kier alpha value is -6.20. The third-order valence-electron chi connectivity index (χ3n) is 9.66. The van der Waals surface area contributed by atoms with E-state index in [0.29, 0.717) is 28.7 Å². The summed E-state index contributed by atoms with van der Waals surface area (Å²) in [5.74, 6) is 1.63. The molecule has 5 nitrogen and oxygen atoms in total. The summed E-state index contributed by atoms with van der Waals surface area (Å²) in [5, 5.41) is 2.12. The SMILES string of the molecule is CC1(C)c2ccccc2-c2cc3c(cc21)c1ccc(C(=O)c2ccccc2)cc1n3-c1nc(-c2ccccc2)nc(-c2ccccc2)n1. The van der Waals surface area contributed by atoms with E-state index in [2.05, 4.69) is 60.9 Å². The summed E-state index contributed by atoms with van der Waals surface area (Å²) in [6, 6.07) is 48.7. The number of carbonyl (C=O) groups is 1. The van der Waals surface area contributed by atoms with E-state index in [4.69, 9.17) is 15.0 Å². The largest absolute Gasteiger partial charge is 0.289 e. The normalized spacial score (nSPS) is 13.0. The first-order chi connectivity index (χ1) is 23.5. The second-order valence-corrected chi connectivity index (χ2v) is 12.9. The Morgan fingerprint density at radius 2 is 1.10 bits per heavy atom. The van der Waals surface area contributed by atoms with Gasteiger partial charge in [0.2, 0.25) is 5.95 Å². The van der Waals surface area contributed by atoms with Crippen molar-refractivity contribution in [2.24, 2.45) is 0 Å². The quantitative estimate of drug-likeness (QED) is 0.180. The summed E-state index contributed by atoms with van der Waals surface area (Å²) >= 11 is 0. The molecule has 5 heteroatoms. The smallest absolute Gasteiger partial charge is 0.238 e. The highest BCUT2D eigenvalue weighted by Crippen LogP contribution is 2.51. The standard InChI is InChI=1S/C43H30N4O/c1-43(2)35-21-13-12-20-31(35)33-26-38-34(25-36(33)43)32-23-22-30(39(48)27-14-6-3-7-15-27)24-37(32)47(38)42-45-40(28-16-8-4-9-17-28)44-41(46-42)29-18-10-5-11-19-29/h3-26H,1-2H3. The zero-order valence-electron chi connectivity index (χ0n) is 26.6. The Morgan fingerprint density at radius 1 is 0.521 bits per heavy atom. The summed E-state index contributed by atoms with van der Waals surface area (Å²) in [7, 11) is 0. The van der Waals surface area contributed by atoms with Crippen LogP contribution >= 0.6 is 0 Å². The predicted octanol–water partition coefficient (Wildman–Crippen LogP) is 9.84. The zero-order chi connectivity index (χ0) is 32.4. The molecule has 228 valence electrons. The van der Waals surface area contributed by atoms with Crippen LogP contribution < -0.4 is 0 Å². The molecule has 2 heterocycles. The first kappa shape index (κ1) is 28.1. The predicted molar refractivity (Wildman–Crippen MR) is 192 cm³/mol. The highest BCUT2D eigenvalue weighted by Gasteiger charge is 2.36. The second kappa shape index (κ2) is 10.7. The Balaban J connectivity index is 1.38. The maximum atomic E-state index is 13.8. The second-order valence-electron chi connectivity index (χ2n) is 12.9. The average Bonchev–Trinajstić information content (AvgIpc) is 3.58. The molecular formula is C43H30N4O. The minimum atomic E-state index is -0.161. The van der Waals surface area contributed by atoms with Crippen molar-refractivity contribution in [2.75, 3.05) is 0 Å². The van der Waals surface area contributed by atoms with Gasteiger partial charge in [-0.1, -0.05) is 141 Å². The monoisotopic (exact) mass is 618 g/mol. The minimum Gasteiger partial charge on any atom is -0.289 e. The van der Waals surface area contributed by atoms with Gasteiger partial charge in [-0.15, -0.1) is 0 Å². The van der Waals surface area contributed by atoms with Crippen molar-refractivity contribution in [3.63, 3.8) is 0 Å². The van der Waals surface area contributed by atoms with Crippen molar-refractivity contribution in [3.05, 3.63) is 168 Å². The topological polar surface area (TPSA) is 60.7 Å². The molecule has 0 N–H and O–H groups in total. The molecule has 1 aliphatic carbocycles. The first-order valence-corrected chi connectivity index (χ1v) is 16.2. The van der Waals surface area contributed by atoms with Gasteiger partial charge < -0.3 is 0 Å². The summed E-state index contributed by atoms with van der Waals surface area (Å²) in [6.45, 7) is 4.59. The molecule has 1 aliphatic rings. The van der Waals surface area contributed by atoms with Crippen molar-refractivity contribution < 1.29 is 4.79 Å². The molecule has 2 aromatic heterocycles. The molecule has 9 rings (SSSR count). The maximum absolute atomic E-state index is 13.8. The van der Waals surface area contributed by atoms with E-state index < -0.39 is 0 Å². The summed E-state index contributed by atoms with van der Waals surface area (Å²) < 4.78 is 2.11. The van der Waals surface area contributed by atoms with E-state index in [9.17, 15) is 4.79 Å². The molecule has 0 spiro atoms. The number of nitrogens with zero attached hydrogens (tertiary/aromatic N) is 4. The molecule has 0 saturated heterocycles. The molecular weight excluding hydrogens is 589 g/mol. The summed E-state index contributed by atoms with van der Waals surface area (Å²) in [6.07, 6.45) is 0. The average molecular weight is 619 g/mol. The third-order valence-corrected chi connectivity index (χ3v) is 9.66. The molecule has 0 bridgehead atoms. The van der Waals surface area contributed by atoms with Gasteiger partial charge in [0.05, 0.1) is 11.0 Å². The molecule has 0 atom stereocenters. The molecule has 8 aromatic rings. The molecule has 0 radical (unpaired) electrons. The Morgan fingerprint density at radius 3 is 1.77 bits per heavy atom. The maximum Gasteiger partial charge on any atom is 0.238 e. The molecule has 0 fully saturated rings. The summed E-state index contributed by atoms with van der Waals surface area (Å²) in [5.41, 5.74) is 9.77. The fraction of sp³-hybridized carbons (Fsp3) is 0.0698. The van der Waals surface area contributed by atoms with Crippen LogP contribution in [-0.4, -0.2) is 25.3 Å². The van der Waals surface area contributed by atoms with E-state index >= 15 is 0 Å². The number of fused-ring (bicyclic) bond motifs is 6. The molecule has 6 aromatic carbocycles. The van der Waals surface area contributed by atoms with Crippen LogP contribution in [-0.2, 0) is 5.41 Å². The number of benzene rings is 6. The van der Waals surface area contributed by atoms with Crippen LogP contribution in [0.1, 0.15) is 40.9 Å². The number of rotatable bonds is 5. The first-order valence-electron chi connectivity index (χ1n) is 16.2. The van der Waals surface area contributed by atoms with Crippen LogP contribution in [0.15, 0.2) is 146 Å². The molecule has 0 aliphatic heterocycles. The van der Waals surface area contributed by atoms with E-state index in [-0.39, 0.29) is 11.2 Å². The Bertz CT molecular complexity index is 2480. The Labute approximate surface area is 278 Å². The molecule has 48 heavy (non-hydrogen) atoms. The molecule has 0 saturated carbocycles. The molecule has 0 unspecified atom stereocenters.